The Morgan fingerprint density at radius 3 is 2.81 bits per heavy atom. The molecule has 0 amide bonds. The molecule has 0 saturated carbocycles. The van der Waals surface area contributed by atoms with Crippen LogP contribution in [-0.2, 0) is 13.0 Å². The van der Waals surface area contributed by atoms with Crippen LogP contribution in [0.15, 0.2) is 54.9 Å². The molecule has 1 unspecified atom stereocenters. The van der Waals surface area contributed by atoms with Gasteiger partial charge in [-0.2, -0.15) is 0 Å². The molecule has 3 heteroatoms. The van der Waals surface area contributed by atoms with Crippen LogP contribution in [0.4, 0.5) is 0 Å². The normalized spacial score (nSPS) is 12.7. The predicted molar refractivity (Wildman–Crippen MR) is 87.5 cm³/mol. The highest BCUT2D eigenvalue weighted by molar-refractivity contribution is 5.74. The third kappa shape index (κ3) is 3.14. The smallest absolute Gasteiger partial charge is 0.0958 e. The largest absolute Gasteiger partial charge is 0.329 e. The number of hydrogen-bond donors (Lipinski definition) is 1. The molecular formula is C18H21N3. The van der Waals surface area contributed by atoms with Crippen molar-refractivity contribution in [1.82, 2.24) is 14.9 Å². The zero-order valence-corrected chi connectivity index (χ0v) is 12.6. The van der Waals surface area contributed by atoms with Crippen LogP contribution in [-0.4, -0.2) is 22.6 Å². The molecule has 108 valence electrons. The first-order valence-corrected chi connectivity index (χ1v) is 7.39. The summed E-state index contributed by atoms with van der Waals surface area (Å²) < 4.78 is 2.23. The van der Waals surface area contributed by atoms with Crippen molar-refractivity contribution >= 4 is 11.0 Å². The number of aromatic nitrogens is 2. The van der Waals surface area contributed by atoms with Gasteiger partial charge in [-0.25, -0.2) is 4.98 Å². The molecule has 0 aliphatic carbocycles. The van der Waals surface area contributed by atoms with E-state index in [-0.39, 0.29) is 0 Å². The van der Waals surface area contributed by atoms with Gasteiger partial charge in [-0.05, 0) is 38.1 Å². The molecule has 1 atom stereocenters. The molecule has 0 bridgehead atoms. The Kier molecular flexibility index (Phi) is 4.02. The summed E-state index contributed by atoms with van der Waals surface area (Å²) in [6.45, 7) is 3.06. The zero-order chi connectivity index (χ0) is 14.7. The van der Waals surface area contributed by atoms with E-state index < -0.39 is 0 Å². The number of imidazole rings is 1. The summed E-state index contributed by atoms with van der Waals surface area (Å²) in [5.41, 5.74) is 4.94. The van der Waals surface area contributed by atoms with E-state index in [9.17, 15) is 0 Å². The van der Waals surface area contributed by atoms with Gasteiger partial charge in [-0.1, -0.05) is 42.0 Å². The van der Waals surface area contributed by atoms with Crippen molar-refractivity contribution in [2.24, 2.45) is 0 Å². The first-order valence-electron chi connectivity index (χ1n) is 7.39. The molecule has 1 aromatic heterocycles. The van der Waals surface area contributed by atoms with Crippen LogP contribution in [0.25, 0.3) is 11.0 Å². The molecule has 2 aromatic carbocycles. The number of nitrogens with zero attached hydrogens (tertiary/aromatic N) is 2. The second-order valence-corrected chi connectivity index (χ2v) is 5.56. The van der Waals surface area contributed by atoms with Crippen molar-refractivity contribution in [3.63, 3.8) is 0 Å². The minimum absolute atomic E-state index is 0.393. The fraction of sp³-hybridized carbons (Fsp3) is 0.278. The topological polar surface area (TPSA) is 29.9 Å². The summed E-state index contributed by atoms with van der Waals surface area (Å²) >= 11 is 0. The van der Waals surface area contributed by atoms with Gasteiger partial charge in [0.2, 0.25) is 0 Å². The van der Waals surface area contributed by atoms with Crippen molar-refractivity contribution in [2.45, 2.75) is 25.9 Å². The maximum atomic E-state index is 4.46. The fourth-order valence-electron chi connectivity index (χ4n) is 2.77. The minimum atomic E-state index is 0.393. The van der Waals surface area contributed by atoms with Crippen LogP contribution in [0.5, 0.6) is 0 Å². The zero-order valence-electron chi connectivity index (χ0n) is 12.6. The number of para-hydroxylation sites is 2. The molecular weight excluding hydrogens is 258 g/mol. The minimum Gasteiger partial charge on any atom is -0.329 e. The van der Waals surface area contributed by atoms with Gasteiger partial charge in [0.15, 0.2) is 0 Å². The van der Waals surface area contributed by atoms with Gasteiger partial charge >= 0.3 is 0 Å². The molecule has 3 rings (SSSR count). The van der Waals surface area contributed by atoms with E-state index in [1.807, 2.05) is 19.4 Å². The van der Waals surface area contributed by atoms with E-state index in [1.165, 1.54) is 16.6 Å². The quantitative estimate of drug-likeness (QED) is 0.777. The Hall–Kier alpha value is -2.13. The van der Waals surface area contributed by atoms with Crippen molar-refractivity contribution in [1.29, 1.82) is 0 Å². The molecule has 0 spiro atoms. The first-order chi connectivity index (χ1) is 10.3. The number of nitrogens with one attached hydrogen (secondary N) is 1. The van der Waals surface area contributed by atoms with Gasteiger partial charge in [-0.3, -0.25) is 0 Å². The fourth-order valence-corrected chi connectivity index (χ4v) is 2.77. The van der Waals surface area contributed by atoms with E-state index in [2.05, 4.69) is 64.3 Å². The molecule has 0 aliphatic rings. The average molecular weight is 279 g/mol. The van der Waals surface area contributed by atoms with E-state index in [1.54, 1.807) is 0 Å². The van der Waals surface area contributed by atoms with E-state index in [0.29, 0.717) is 6.04 Å². The van der Waals surface area contributed by atoms with Crippen LogP contribution in [0.3, 0.4) is 0 Å². The highest BCUT2D eigenvalue weighted by Gasteiger charge is 2.10. The maximum Gasteiger partial charge on any atom is 0.0958 e. The molecule has 0 saturated heterocycles. The number of likely N-dealkylation sites (N-methyl/N-ethyl adjacent to an activating group) is 1. The third-order valence-corrected chi connectivity index (χ3v) is 3.92. The Balaban J connectivity index is 1.78. The lowest BCUT2D eigenvalue weighted by Crippen LogP contribution is -2.32. The van der Waals surface area contributed by atoms with Gasteiger partial charge < -0.3 is 9.88 Å². The maximum absolute atomic E-state index is 4.46. The Labute approximate surface area is 125 Å². The number of benzene rings is 2. The standard InChI is InChI=1S/C18H21N3/c1-14-6-5-7-15(10-14)11-16(19-2)12-21-13-20-17-8-3-4-9-18(17)21/h3-10,13,16,19H,11-12H2,1-2H3. The third-order valence-electron chi connectivity index (χ3n) is 3.92. The van der Waals surface area contributed by atoms with Crippen LogP contribution >= 0.6 is 0 Å². The number of hydrogen-bond acceptors (Lipinski definition) is 2. The van der Waals surface area contributed by atoms with Crippen LogP contribution < -0.4 is 5.32 Å². The molecule has 0 aliphatic heterocycles. The highest BCUT2D eigenvalue weighted by Crippen LogP contribution is 2.14. The van der Waals surface area contributed by atoms with Crippen LogP contribution in [0, 0.1) is 6.92 Å². The van der Waals surface area contributed by atoms with Gasteiger partial charge in [0, 0.05) is 12.6 Å². The Morgan fingerprint density at radius 2 is 2.00 bits per heavy atom. The van der Waals surface area contributed by atoms with Crippen LogP contribution in [0.1, 0.15) is 11.1 Å². The van der Waals surface area contributed by atoms with Gasteiger partial charge in [-0.15, -0.1) is 0 Å². The predicted octanol–water partition coefficient (Wildman–Crippen LogP) is 3.18. The molecule has 3 aromatic rings. The molecule has 3 nitrogen and oxygen atoms in total. The molecule has 1 N–H and O–H groups in total. The number of aryl methyl sites for hydroxylation is 1. The summed E-state index contributed by atoms with van der Waals surface area (Å²) in [7, 11) is 2.03. The van der Waals surface area contributed by atoms with Gasteiger partial charge in [0.1, 0.15) is 0 Å². The van der Waals surface area contributed by atoms with Crippen molar-refractivity contribution < 1.29 is 0 Å². The van der Waals surface area contributed by atoms with E-state index >= 15 is 0 Å². The van der Waals surface area contributed by atoms with Crippen LogP contribution in [0.2, 0.25) is 0 Å². The summed E-state index contributed by atoms with van der Waals surface area (Å²) in [4.78, 5) is 4.46. The van der Waals surface area contributed by atoms with Crippen molar-refractivity contribution in [3.05, 3.63) is 66.0 Å². The van der Waals surface area contributed by atoms with Crippen molar-refractivity contribution in [3.8, 4) is 0 Å². The Morgan fingerprint density at radius 1 is 1.14 bits per heavy atom. The SMILES string of the molecule is CNC(Cc1cccc(C)c1)Cn1cnc2ccccc21. The monoisotopic (exact) mass is 279 g/mol. The highest BCUT2D eigenvalue weighted by atomic mass is 15.1. The van der Waals surface area contributed by atoms with Gasteiger partial charge in [0.25, 0.3) is 0 Å². The molecule has 0 fully saturated rings. The lowest BCUT2D eigenvalue weighted by Gasteiger charge is -2.17. The second kappa shape index (κ2) is 6.10. The van der Waals surface area contributed by atoms with E-state index in [0.717, 1.165) is 18.5 Å². The molecule has 1 heterocycles. The Bertz CT molecular complexity index is 730. The lowest BCUT2D eigenvalue weighted by molar-refractivity contribution is 0.484. The summed E-state index contributed by atoms with van der Waals surface area (Å²) in [6.07, 6.45) is 2.95. The first kappa shape index (κ1) is 13.8. The number of rotatable bonds is 5. The molecule has 0 radical (unpaired) electrons. The number of fused-ring (bicyclic) bond motifs is 1. The lowest BCUT2D eigenvalue weighted by atomic mass is 10.0. The van der Waals surface area contributed by atoms with Crippen molar-refractivity contribution in [2.75, 3.05) is 7.05 Å². The second-order valence-electron chi connectivity index (χ2n) is 5.56. The van der Waals surface area contributed by atoms with E-state index in [4.69, 9.17) is 0 Å². The van der Waals surface area contributed by atoms with Gasteiger partial charge in [0.05, 0.1) is 17.4 Å². The summed E-state index contributed by atoms with van der Waals surface area (Å²) in [5.74, 6) is 0. The summed E-state index contributed by atoms with van der Waals surface area (Å²) in [6, 6.07) is 17.4. The average Bonchev–Trinajstić information content (AvgIpc) is 2.90. The summed E-state index contributed by atoms with van der Waals surface area (Å²) in [5, 5.41) is 3.42. The molecule has 21 heavy (non-hydrogen) atoms.